The van der Waals surface area contributed by atoms with Gasteiger partial charge >= 0.3 is 5.97 Å². The smallest absolute Gasteiger partial charge is 0.327 e. The van der Waals surface area contributed by atoms with Crippen LogP contribution in [0.15, 0.2) is 49.1 Å². The Morgan fingerprint density at radius 2 is 1.35 bits per heavy atom. The lowest BCUT2D eigenvalue weighted by Gasteiger charge is -1.96. The van der Waals surface area contributed by atoms with Gasteiger partial charge in [0.2, 0.25) is 0 Å². The lowest BCUT2D eigenvalue weighted by Crippen LogP contribution is -1.82. The molecule has 0 aliphatic heterocycles. The van der Waals surface area contributed by atoms with E-state index in [0.29, 0.717) is 0 Å². The van der Waals surface area contributed by atoms with Gasteiger partial charge in [-0.05, 0) is 25.7 Å². The van der Waals surface area contributed by atoms with Crippen molar-refractivity contribution in [2.75, 3.05) is 0 Å². The quantitative estimate of drug-likeness (QED) is 0.688. The number of carbonyl (C=O) groups is 1. The highest BCUT2D eigenvalue weighted by Crippen LogP contribution is 2.07. The predicted molar refractivity (Wildman–Crippen MR) is 73.0 cm³/mol. The van der Waals surface area contributed by atoms with E-state index in [4.69, 9.17) is 5.11 Å². The molecule has 17 heavy (non-hydrogen) atoms. The summed E-state index contributed by atoms with van der Waals surface area (Å²) in [7, 11) is 0. The molecule has 0 heterocycles. The summed E-state index contributed by atoms with van der Waals surface area (Å²) >= 11 is 0. The van der Waals surface area contributed by atoms with Crippen LogP contribution in [0.3, 0.4) is 0 Å². The van der Waals surface area contributed by atoms with Crippen molar-refractivity contribution in [1.29, 1.82) is 0 Å². The maximum Gasteiger partial charge on any atom is 0.327 e. The third kappa shape index (κ3) is 14.4. The Labute approximate surface area is 104 Å². The lowest BCUT2D eigenvalue weighted by atomic mass is 10.1. The maximum absolute atomic E-state index is 9.25. The van der Waals surface area contributed by atoms with E-state index in [-0.39, 0.29) is 0 Å². The zero-order valence-electron chi connectivity index (χ0n) is 10.3. The van der Waals surface area contributed by atoms with Gasteiger partial charge in [0, 0.05) is 6.08 Å². The molecule has 0 spiro atoms. The third-order valence-corrected chi connectivity index (χ3v) is 2.27. The fourth-order valence-electron chi connectivity index (χ4n) is 1.36. The van der Waals surface area contributed by atoms with Crippen molar-refractivity contribution in [3.8, 4) is 0 Å². The standard InChI is InChI=1S/C12H18.C3H4O2/c1-2-4-6-8-10-12-11-9-7-5-3-1;1-2-3(4)5/h1-6H,7-12H2;2H,1H2,(H,4,5)/b2-1?,5-3+,6-4?;. The Morgan fingerprint density at radius 1 is 0.941 bits per heavy atom. The van der Waals surface area contributed by atoms with E-state index in [9.17, 15) is 4.79 Å². The van der Waals surface area contributed by atoms with Gasteiger partial charge in [0.05, 0.1) is 0 Å². The van der Waals surface area contributed by atoms with Crippen molar-refractivity contribution < 1.29 is 9.90 Å². The van der Waals surface area contributed by atoms with Crippen molar-refractivity contribution in [2.24, 2.45) is 0 Å². The minimum atomic E-state index is -0.981. The van der Waals surface area contributed by atoms with E-state index in [0.717, 1.165) is 6.08 Å². The highest BCUT2D eigenvalue weighted by atomic mass is 16.4. The molecule has 0 unspecified atom stereocenters. The van der Waals surface area contributed by atoms with E-state index >= 15 is 0 Å². The van der Waals surface area contributed by atoms with Crippen LogP contribution in [0.2, 0.25) is 0 Å². The first-order valence-corrected chi connectivity index (χ1v) is 6.11. The van der Waals surface area contributed by atoms with Gasteiger partial charge in [0.15, 0.2) is 0 Å². The Balaban J connectivity index is 0.000000437. The van der Waals surface area contributed by atoms with Crippen LogP contribution in [0.1, 0.15) is 38.5 Å². The van der Waals surface area contributed by atoms with E-state index in [2.05, 4.69) is 43.0 Å². The number of allylic oxidation sites excluding steroid dienone is 6. The monoisotopic (exact) mass is 234 g/mol. The Bertz CT molecular complexity index is 265. The molecule has 0 radical (unpaired) electrons. The average molecular weight is 234 g/mol. The number of aliphatic carboxylic acids is 1. The number of hydrogen-bond acceptors (Lipinski definition) is 1. The van der Waals surface area contributed by atoms with Crippen LogP contribution >= 0.6 is 0 Å². The number of carboxylic acid groups (broad SMARTS) is 1. The molecule has 1 rings (SSSR count). The molecule has 0 saturated carbocycles. The summed E-state index contributed by atoms with van der Waals surface area (Å²) in [4.78, 5) is 9.25. The molecule has 0 aromatic rings. The van der Waals surface area contributed by atoms with Crippen LogP contribution in [0.4, 0.5) is 0 Å². The van der Waals surface area contributed by atoms with Gasteiger partial charge in [-0.15, -0.1) is 0 Å². The van der Waals surface area contributed by atoms with Gasteiger partial charge < -0.3 is 5.11 Å². The first-order chi connectivity index (χ1) is 8.27. The minimum Gasteiger partial charge on any atom is -0.478 e. The van der Waals surface area contributed by atoms with Gasteiger partial charge in [0.1, 0.15) is 0 Å². The van der Waals surface area contributed by atoms with E-state index in [1.807, 2.05) is 0 Å². The second-order valence-corrected chi connectivity index (χ2v) is 3.78. The highest BCUT2D eigenvalue weighted by molar-refractivity contribution is 5.78. The summed E-state index contributed by atoms with van der Waals surface area (Å²) in [6, 6.07) is 0. The molecule has 0 aromatic carbocycles. The summed E-state index contributed by atoms with van der Waals surface area (Å²) in [6.45, 7) is 2.96. The number of carboxylic acids is 1. The molecule has 2 heteroatoms. The Hall–Kier alpha value is -1.57. The van der Waals surface area contributed by atoms with Crippen LogP contribution in [0, 0.1) is 0 Å². The molecule has 0 bridgehead atoms. The van der Waals surface area contributed by atoms with Crippen molar-refractivity contribution in [3.05, 3.63) is 49.1 Å². The third-order valence-electron chi connectivity index (χ3n) is 2.27. The number of hydrogen-bond donors (Lipinski definition) is 1. The zero-order chi connectivity index (χ0) is 12.8. The fourth-order valence-corrected chi connectivity index (χ4v) is 1.36. The van der Waals surface area contributed by atoms with E-state index < -0.39 is 5.97 Å². The van der Waals surface area contributed by atoms with Crippen LogP contribution in [0.25, 0.3) is 0 Å². The van der Waals surface area contributed by atoms with Crippen molar-refractivity contribution >= 4 is 5.97 Å². The second-order valence-electron chi connectivity index (χ2n) is 3.78. The molecular formula is C15H22O2. The van der Waals surface area contributed by atoms with E-state index in [1.54, 1.807) is 0 Å². The van der Waals surface area contributed by atoms with Crippen LogP contribution in [-0.2, 0) is 4.79 Å². The van der Waals surface area contributed by atoms with Crippen molar-refractivity contribution in [3.63, 3.8) is 0 Å². The largest absolute Gasteiger partial charge is 0.478 e. The molecule has 2 nitrogen and oxygen atoms in total. The van der Waals surface area contributed by atoms with Gasteiger partial charge in [-0.25, -0.2) is 4.79 Å². The summed E-state index contributed by atoms with van der Waals surface area (Å²) < 4.78 is 0. The molecule has 1 aliphatic rings. The average Bonchev–Trinajstić information content (AvgIpc) is 2.30. The molecule has 0 saturated heterocycles. The Morgan fingerprint density at radius 3 is 1.71 bits per heavy atom. The second kappa shape index (κ2) is 12.5. The summed E-state index contributed by atoms with van der Waals surface area (Å²) in [5.41, 5.74) is 0. The Kier molecular flexibility index (Phi) is 11.3. The summed E-state index contributed by atoms with van der Waals surface area (Å²) in [6.07, 6.45) is 21.8. The topological polar surface area (TPSA) is 37.3 Å². The maximum atomic E-state index is 9.25. The summed E-state index contributed by atoms with van der Waals surface area (Å²) in [5.74, 6) is -0.981. The summed E-state index contributed by atoms with van der Waals surface area (Å²) in [5, 5.41) is 7.60. The molecule has 1 N–H and O–H groups in total. The molecule has 1 aliphatic carbocycles. The predicted octanol–water partition coefficient (Wildman–Crippen LogP) is 4.27. The van der Waals surface area contributed by atoms with Gasteiger partial charge in [-0.3, -0.25) is 0 Å². The van der Waals surface area contributed by atoms with Gasteiger partial charge in [0.25, 0.3) is 0 Å². The molecule has 0 amide bonds. The first-order valence-electron chi connectivity index (χ1n) is 6.11. The molecule has 94 valence electrons. The zero-order valence-corrected chi connectivity index (χ0v) is 10.3. The van der Waals surface area contributed by atoms with E-state index in [1.165, 1.54) is 38.5 Å². The number of rotatable bonds is 1. The highest BCUT2D eigenvalue weighted by Gasteiger charge is 1.87. The SMILES string of the molecule is C1=C/C=C/CCCCCCC=C1.C=CC(=O)O. The van der Waals surface area contributed by atoms with Gasteiger partial charge in [-0.2, -0.15) is 0 Å². The normalized spacial score (nSPS) is 17.9. The molecule has 0 atom stereocenters. The van der Waals surface area contributed by atoms with Crippen LogP contribution < -0.4 is 0 Å². The van der Waals surface area contributed by atoms with Gasteiger partial charge in [-0.1, -0.05) is 55.9 Å². The minimum absolute atomic E-state index is 0.833. The van der Waals surface area contributed by atoms with Crippen molar-refractivity contribution in [2.45, 2.75) is 38.5 Å². The molecular weight excluding hydrogens is 212 g/mol. The molecule has 0 fully saturated rings. The van der Waals surface area contributed by atoms with Crippen LogP contribution in [0.5, 0.6) is 0 Å². The molecule has 0 aromatic heterocycles. The van der Waals surface area contributed by atoms with Crippen molar-refractivity contribution in [1.82, 2.24) is 0 Å². The fraction of sp³-hybridized carbons (Fsp3) is 0.400. The lowest BCUT2D eigenvalue weighted by molar-refractivity contribution is -0.131. The van der Waals surface area contributed by atoms with Crippen LogP contribution in [-0.4, -0.2) is 11.1 Å². The first kappa shape index (κ1) is 15.4.